The SMILES string of the molecule is ClC1COc2ccc3ccccc3c2C1Cl. The zero-order valence-electron chi connectivity index (χ0n) is 8.49. The fourth-order valence-electron chi connectivity index (χ4n) is 2.12. The number of hydrogen-bond donors (Lipinski definition) is 0. The highest BCUT2D eigenvalue weighted by Crippen LogP contribution is 2.42. The topological polar surface area (TPSA) is 9.23 Å². The highest BCUT2D eigenvalue weighted by atomic mass is 35.5. The van der Waals surface area contributed by atoms with Crippen LogP contribution in [0.15, 0.2) is 36.4 Å². The molecule has 1 nitrogen and oxygen atoms in total. The molecule has 2 aromatic rings. The molecule has 3 heteroatoms. The Labute approximate surface area is 104 Å². The van der Waals surface area contributed by atoms with Crippen LogP contribution >= 0.6 is 23.2 Å². The smallest absolute Gasteiger partial charge is 0.124 e. The van der Waals surface area contributed by atoms with E-state index >= 15 is 0 Å². The van der Waals surface area contributed by atoms with Gasteiger partial charge in [-0.05, 0) is 16.8 Å². The Kier molecular flexibility index (Phi) is 2.45. The minimum Gasteiger partial charge on any atom is -0.492 e. The third-order valence-corrected chi connectivity index (χ3v) is 3.95. The van der Waals surface area contributed by atoms with Crippen molar-refractivity contribution in [2.45, 2.75) is 10.8 Å². The third kappa shape index (κ3) is 1.47. The molecule has 2 unspecified atom stereocenters. The lowest BCUT2D eigenvalue weighted by atomic mass is 9.98. The number of halogens is 2. The monoisotopic (exact) mass is 252 g/mol. The first-order chi connectivity index (χ1) is 7.77. The molecule has 1 aliphatic rings. The van der Waals surface area contributed by atoms with E-state index in [0.717, 1.165) is 16.7 Å². The van der Waals surface area contributed by atoms with Gasteiger partial charge >= 0.3 is 0 Å². The number of fused-ring (bicyclic) bond motifs is 3. The van der Waals surface area contributed by atoms with Crippen molar-refractivity contribution in [3.8, 4) is 5.75 Å². The maximum absolute atomic E-state index is 6.36. The van der Waals surface area contributed by atoms with Gasteiger partial charge in [-0.3, -0.25) is 0 Å². The molecule has 1 aliphatic heterocycles. The van der Waals surface area contributed by atoms with Gasteiger partial charge in [-0.15, -0.1) is 23.2 Å². The van der Waals surface area contributed by atoms with Crippen molar-refractivity contribution >= 4 is 34.0 Å². The van der Waals surface area contributed by atoms with Crippen LogP contribution in [0, 0.1) is 0 Å². The Morgan fingerprint density at radius 1 is 1.06 bits per heavy atom. The second-order valence-electron chi connectivity index (χ2n) is 3.93. The molecule has 3 rings (SSSR count). The predicted octanol–water partition coefficient (Wildman–Crippen LogP) is 4.12. The van der Waals surface area contributed by atoms with Crippen LogP contribution in [0.5, 0.6) is 5.75 Å². The highest BCUT2D eigenvalue weighted by Gasteiger charge is 2.29. The first-order valence-corrected chi connectivity index (χ1v) is 6.07. The van der Waals surface area contributed by atoms with Gasteiger partial charge in [-0.2, -0.15) is 0 Å². The predicted molar refractivity (Wildman–Crippen MR) is 67.7 cm³/mol. The molecule has 0 aliphatic carbocycles. The standard InChI is InChI=1S/C13H10Cl2O/c14-10-7-16-11-6-5-8-3-1-2-4-9(8)12(11)13(10)15/h1-6,10,13H,7H2. The van der Waals surface area contributed by atoms with Crippen LogP contribution in [0.1, 0.15) is 10.9 Å². The molecule has 0 radical (unpaired) electrons. The molecule has 0 fully saturated rings. The summed E-state index contributed by atoms with van der Waals surface area (Å²) in [5.41, 5.74) is 1.02. The molecule has 0 saturated carbocycles. The molecule has 2 atom stereocenters. The summed E-state index contributed by atoms with van der Waals surface area (Å²) in [6.07, 6.45) is 0. The molecule has 16 heavy (non-hydrogen) atoms. The van der Waals surface area contributed by atoms with Gasteiger partial charge in [0.25, 0.3) is 0 Å². The first kappa shape index (κ1) is 10.2. The molecular formula is C13H10Cl2O. The van der Waals surface area contributed by atoms with Gasteiger partial charge in [-0.25, -0.2) is 0 Å². The van der Waals surface area contributed by atoms with Gasteiger partial charge in [0.1, 0.15) is 12.4 Å². The van der Waals surface area contributed by atoms with Crippen molar-refractivity contribution in [2.24, 2.45) is 0 Å². The molecular weight excluding hydrogens is 243 g/mol. The summed E-state index contributed by atoms with van der Waals surface area (Å²) in [6.45, 7) is 0.473. The normalized spacial score (nSPS) is 23.9. The maximum atomic E-state index is 6.36. The average Bonchev–Trinajstić information content (AvgIpc) is 2.33. The first-order valence-electron chi connectivity index (χ1n) is 5.20. The number of benzene rings is 2. The second-order valence-corrected chi connectivity index (χ2v) is 4.96. The van der Waals surface area contributed by atoms with Crippen LogP contribution in [0.25, 0.3) is 10.8 Å². The minimum atomic E-state index is -0.184. The quantitative estimate of drug-likeness (QED) is 0.642. The van der Waals surface area contributed by atoms with Crippen molar-refractivity contribution in [3.63, 3.8) is 0 Å². The van der Waals surface area contributed by atoms with Crippen LogP contribution in [0.3, 0.4) is 0 Å². The van der Waals surface area contributed by atoms with Crippen LogP contribution in [0.4, 0.5) is 0 Å². The second kappa shape index (κ2) is 3.83. The van der Waals surface area contributed by atoms with E-state index in [0.29, 0.717) is 6.61 Å². The molecule has 0 aromatic heterocycles. The lowest BCUT2D eigenvalue weighted by molar-refractivity contribution is 0.290. The van der Waals surface area contributed by atoms with E-state index in [1.165, 1.54) is 5.39 Å². The Balaban J connectivity index is 2.32. The zero-order chi connectivity index (χ0) is 11.1. The Morgan fingerprint density at radius 2 is 1.88 bits per heavy atom. The summed E-state index contributed by atoms with van der Waals surface area (Å²) in [4.78, 5) is 0. The van der Waals surface area contributed by atoms with Gasteiger partial charge in [0.05, 0.1) is 10.8 Å². The van der Waals surface area contributed by atoms with Gasteiger partial charge in [0.15, 0.2) is 0 Å². The van der Waals surface area contributed by atoms with E-state index in [9.17, 15) is 0 Å². The number of rotatable bonds is 0. The Bertz CT molecular complexity index is 538. The molecule has 2 aromatic carbocycles. The van der Waals surface area contributed by atoms with Crippen LogP contribution < -0.4 is 4.74 Å². The van der Waals surface area contributed by atoms with E-state index in [-0.39, 0.29) is 10.8 Å². The van der Waals surface area contributed by atoms with Crippen molar-refractivity contribution in [1.82, 2.24) is 0 Å². The lowest BCUT2D eigenvalue weighted by Gasteiger charge is -2.27. The number of ether oxygens (including phenoxy) is 1. The molecule has 0 spiro atoms. The van der Waals surface area contributed by atoms with Gasteiger partial charge in [-0.1, -0.05) is 30.3 Å². The summed E-state index contributed by atoms with van der Waals surface area (Å²) >= 11 is 12.5. The summed E-state index contributed by atoms with van der Waals surface area (Å²) in [6, 6.07) is 12.2. The molecule has 0 saturated heterocycles. The Hall–Kier alpha value is -0.920. The van der Waals surface area contributed by atoms with Crippen molar-refractivity contribution in [2.75, 3.05) is 6.61 Å². The summed E-state index contributed by atoms with van der Waals surface area (Å²) < 4.78 is 5.60. The summed E-state index contributed by atoms with van der Waals surface area (Å²) in [7, 11) is 0. The fourth-order valence-corrected chi connectivity index (χ4v) is 2.61. The molecule has 1 heterocycles. The molecule has 0 bridgehead atoms. The van der Waals surface area contributed by atoms with Gasteiger partial charge in [0.2, 0.25) is 0 Å². The molecule has 0 amide bonds. The van der Waals surface area contributed by atoms with Gasteiger partial charge < -0.3 is 4.74 Å². The Morgan fingerprint density at radius 3 is 2.75 bits per heavy atom. The largest absolute Gasteiger partial charge is 0.492 e. The maximum Gasteiger partial charge on any atom is 0.124 e. The van der Waals surface area contributed by atoms with Gasteiger partial charge in [0, 0.05) is 5.56 Å². The van der Waals surface area contributed by atoms with Crippen molar-refractivity contribution < 1.29 is 4.74 Å². The van der Waals surface area contributed by atoms with E-state index in [4.69, 9.17) is 27.9 Å². The molecule has 0 N–H and O–H groups in total. The van der Waals surface area contributed by atoms with Crippen molar-refractivity contribution in [1.29, 1.82) is 0 Å². The number of alkyl halides is 2. The fraction of sp³-hybridized carbons (Fsp3) is 0.231. The summed E-state index contributed by atoms with van der Waals surface area (Å²) in [5.74, 6) is 0.857. The van der Waals surface area contributed by atoms with Crippen LogP contribution in [-0.4, -0.2) is 12.0 Å². The average molecular weight is 253 g/mol. The highest BCUT2D eigenvalue weighted by molar-refractivity contribution is 6.31. The van der Waals surface area contributed by atoms with Crippen LogP contribution in [0.2, 0.25) is 0 Å². The minimum absolute atomic E-state index is 0.167. The third-order valence-electron chi connectivity index (χ3n) is 2.92. The number of hydrogen-bond acceptors (Lipinski definition) is 1. The van der Waals surface area contributed by atoms with E-state index in [1.54, 1.807) is 0 Å². The zero-order valence-corrected chi connectivity index (χ0v) is 10.0. The van der Waals surface area contributed by atoms with E-state index in [1.807, 2.05) is 24.3 Å². The van der Waals surface area contributed by atoms with E-state index in [2.05, 4.69) is 12.1 Å². The van der Waals surface area contributed by atoms with Crippen LogP contribution in [-0.2, 0) is 0 Å². The lowest BCUT2D eigenvalue weighted by Crippen LogP contribution is -2.23. The molecule has 82 valence electrons. The summed E-state index contributed by atoms with van der Waals surface area (Å²) in [5, 5.41) is 1.95. The van der Waals surface area contributed by atoms with E-state index < -0.39 is 0 Å². The van der Waals surface area contributed by atoms with Crippen molar-refractivity contribution in [3.05, 3.63) is 42.0 Å².